The Morgan fingerprint density at radius 3 is 2.40 bits per heavy atom. The van der Waals surface area contributed by atoms with Gasteiger partial charge in [-0.05, 0) is 12.1 Å². The number of rotatable bonds is 2. The molecule has 0 bridgehead atoms. The summed E-state index contributed by atoms with van der Waals surface area (Å²) in [6, 6.07) is 16.7. The van der Waals surface area contributed by atoms with E-state index >= 15 is 0 Å². The SMILES string of the molecule is O=C1CN(C(=O)c2cnc(-c3ccccc3)nc2)c2ccccc2N1. The molecule has 2 aromatic carbocycles. The van der Waals surface area contributed by atoms with Gasteiger partial charge < -0.3 is 5.32 Å². The molecule has 1 aromatic heterocycles. The normalized spacial score (nSPS) is 13.1. The van der Waals surface area contributed by atoms with Crippen molar-refractivity contribution in [1.29, 1.82) is 0 Å². The Kier molecular flexibility index (Phi) is 3.70. The Morgan fingerprint density at radius 2 is 1.64 bits per heavy atom. The Bertz CT molecular complexity index is 939. The number of aromatic nitrogens is 2. The van der Waals surface area contributed by atoms with Gasteiger partial charge >= 0.3 is 0 Å². The molecule has 25 heavy (non-hydrogen) atoms. The fraction of sp³-hybridized carbons (Fsp3) is 0.0526. The number of hydrogen-bond acceptors (Lipinski definition) is 4. The number of nitrogens with one attached hydrogen (secondary N) is 1. The molecular formula is C19H14N4O2. The maximum Gasteiger partial charge on any atom is 0.261 e. The molecule has 0 aliphatic carbocycles. The molecule has 0 unspecified atom stereocenters. The second-order valence-corrected chi connectivity index (χ2v) is 5.62. The fourth-order valence-electron chi connectivity index (χ4n) is 2.75. The highest BCUT2D eigenvalue weighted by molar-refractivity contribution is 6.14. The van der Waals surface area contributed by atoms with Crippen LogP contribution in [0.25, 0.3) is 11.4 Å². The van der Waals surface area contributed by atoms with Crippen LogP contribution >= 0.6 is 0 Å². The van der Waals surface area contributed by atoms with Gasteiger partial charge in [0.15, 0.2) is 5.82 Å². The summed E-state index contributed by atoms with van der Waals surface area (Å²) < 4.78 is 0. The molecule has 0 saturated heterocycles. The Morgan fingerprint density at radius 1 is 0.960 bits per heavy atom. The third-order valence-electron chi connectivity index (χ3n) is 3.95. The monoisotopic (exact) mass is 330 g/mol. The molecular weight excluding hydrogens is 316 g/mol. The number of nitrogens with zero attached hydrogens (tertiary/aromatic N) is 3. The number of carbonyl (C=O) groups is 2. The average molecular weight is 330 g/mol. The molecule has 0 spiro atoms. The van der Waals surface area contributed by atoms with E-state index in [2.05, 4.69) is 15.3 Å². The minimum atomic E-state index is -0.304. The van der Waals surface area contributed by atoms with Gasteiger partial charge in [0.2, 0.25) is 5.91 Å². The van der Waals surface area contributed by atoms with E-state index in [-0.39, 0.29) is 18.4 Å². The van der Waals surface area contributed by atoms with Crippen LogP contribution in [-0.4, -0.2) is 28.3 Å². The summed E-state index contributed by atoms with van der Waals surface area (Å²) in [5.74, 6) is 0.0183. The van der Waals surface area contributed by atoms with Crippen LogP contribution in [0.4, 0.5) is 11.4 Å². The van der Waals surface area contributed by atoms with E-state index in [0.717, 1.165) is 5.56 Å². The van der Waals surface area contributed by atoms with Crippen molar-refractivity contribution in [2.45, 2.75) is 0 Å². The number of benzene rings is 2. The van der Waals surface area contributed by atoms with E-state index in [4.69, 9.17) is 0 Å². The maximum atomic E-state index is 12.8. The lowest BCUT2D eigenvalue weighted by atomic mass is 10.1. The molecule has 122 valence electrons. The first-order valence-corrected chi connectivity index (χ1v) is 7.80. The summed E-state index contributed by atoms with van der Waals surface area (Å²) in [4.78, 5) is 34.7. The van der Waals surface area contributed by atoms with Gasteiger partial charge in [-0.15, -0.1) is 0 Å². The molecule has 0 atom stereocenters. The van der Waals surface area contributed by atoms with Crippen LogP contribution in [0, 0.1) is 0 Å². The molecule has 6 heteroatoms. The molecule has 1 aliphatic heterocycles. The summed E-state index contributed by atoms with van der Waals surface area (Å²) in [6.45, 7) is -0.0315. The Labute approximate surface area is 144 Å². The summed E-state index contributed by atoms with van der Waals surface area (Å²) >= 11 is 0. The summed E-state index contributed by atoms with van der Waals surface area (Å²) in [6.07, 6.45) is 2.99. The van der Waals surface area contributed by atoms with Crippen LogP contribution in [0.1, 0.15) is 10.4 Å². The summed E-state index contributed by atoms with van der Waals surface area (Å²) in [5.41, 5.74) is 2.50. The van der Waals surface area contributed by atoms with Crippen molar-refractivity contribution in [3.63, 3.8) is 0 Å². The van der Waals surface area contributed by atoms with Crippen molar-refractivity contribution in [2.75, 3.05) is 16.8 Å². The first-order chi connectivity index (χ1) is 12.2. The van der Waals surface area contributed by atoms with Gasteiger partial charge in [-0.1, -0.05) is 42.5 Å². The van der Waals surface area contributed by atoms with Gasteiger partial charge in [-0.2, -0.15) is 0 Å². The van der Waals surface area contributed by atoms with E-state index < -0.39 is 0 Å². The molecule has 0 radical (unpaired) electrons. The van der Waals surface area contributed by atoms with Crippen molar-refractivity contribution in [1.82, 2.24) is 9.97 Å². The van der Waals surface area contributed by atoms with E-state index in [0.29, 0.717) is 22.8 Å². The molecule has 2 amide bonds. The van der Waals surface area contributed by atoms with Gasteiger partial charge in [-0.25, -0.2) is 9.97 Å². The highest BCUT2D eigenvalue weighted by atomic mass is 16.2. The van der Waals surface area contributed by atoms with E-state index in [1.54, 1.807) is 12.1 Å². The predicted octanol–water partition coefficient (Wildman–Crippen LogP) is 2.74. The van der Waals surface area contributed by atoms with Crippen molar-refractivity contribution in [2.24, 2.45) is 0 Å². The van der Waals surface area contributed by atoms with Crippen molar-refractivity contribution >= 4 is 23.2 Å². The number of fused-ring (bicyclic) bond motifs is 1. The third-order valence-corrected chi connectivity index (χ3v) is 3.95. The quantitative estimate of drug-likeness (QED) is 0.784. The van der Waals surface area contributed by atoms with Crippen molar-refractivity contribution in [3.8, 4) is 11.4 Å². The molecule has 3 aromatic rings. The Hall–Kier alpha value is -3.54. The zero-order valence-corrected chi connectivity index (χ0v) is 13.2. The molecule has 2 heterocycles. The molecule has 4 rings (SSSR count). The van der Waals surface area contributed by atoms with Gasteiger partial charge in [0.1, 0.15) is 6.54 Å². The summed E-state index contributed by atoms with van der Waals surface area (Å²) in [7, 11) is 0. The first kappa shape index (κ1) is 15.0. The largest absolute Gasteiger partial charge is 0.323 e. The number of amides is 2. The minimum Gasteiger partial charge on any atom is -0.323 e. The van der Waals surface area contributed by atoms with Crippen LogP contribution in [0.2, 0.25) is 0 Å². The van der Waals surface area contributed by atoms with Gasteiger partial charge in [0.05, 0.1) is 16.9 Å². The number of hydrogen-bond donors (Lipinski definition) is 1. The summed E-state index contributed by atoms with van der Waals surface area (Å²) in [5, 5.41) is 2.76. The number of carbonyl (C=O) groups excluding carboxylic acids is 2. The van der Waals surface area contributed by atoms with Crippen molar-refractivity contribution < 1.29 is 9.59 Å². The lowest BCUT2D eigenvalue weighted by Crippen LogP contribution is -2.42. The van der Waals surface area contributed by atoms with Crippen LogP contribution in [-0.2, 0) is 4.79 Å². The lowest BCUT2D eigenvalue weighted by molar-refractivity contribution is -0.115. The first-order valence-electron chi connectivity index (χ1n) is 7.80. The van der Waals surface area contributed by atoms with Gasteiger partial charge in [0.25, 0.3) is 5.91 Å². The zero-order valence-electron chi connectivity index (χ0n) is 13.2. The minimum absolute atomic E-state index is 0.0315. The molecule has 1 N–H and O–H groups in total. The van der Waals surface area contributed by atoms with Crippen LogP contribution in [0.3, 0.4) is 0 Å². The Balaban J connectivity index is 1.64. The zero-order chi connectivity index (χ0) is 17.2. The standard InChI is InChI=1S/C19H14N4O2/c24-17-12-23(16-9-5-4-8-15(16)22-17)19(25)14-10-20-18(21-11-14)13-6-2-1-3-7-13/h1-11H,12H2,(H,22,24). The smallest absolute Gasteiger partial charge is 0.261 e. The highest BCUT2D eigenvalue weighted by Gasteiger charge is 2.27. The topological polar surface area (TPSA) is 75.2 Å². The highest BCUT2D eigenvalue weighted by Crippen LogP contribution is 2.30. The van der Waals surface area contributed by atoms with Gasteiger partial charge in [0, 0.05) is 18.0 Å². The van der Waals surface area contributed by atoms with Crippen LogP contribution < -0.4 is 10.2 Å². The maximum absolute atomic E-state index is 12.8. The molecule has 6 nitrogen and oxygen atoms in total. The van der Waals surface area contributed by atoms with Crippen molar-refractivity contribution in [3.05, 3.63) is 72.6 Å². The molecule has 0 saturated carbocycles. The van der Waals surface area contributed by atoms with E-state index in [1.807, 2.05) is 42.5 Å². The van der Waals surface area contributed by atoms with Crippen LogP contribution in [0.5, 0.6) is 0 Å². The number of para-hydroxylation sites is 2. The average Bonchev–Trinajstić information content (AvgIpc) is 2.67. The van der Waals surface area contributed by atoms with E-state index in [1.165, 1.54) is 17.3 Å². The van der Waals surface area contributed by atoms with Gasteiger partial charge in [-0.3, -0.25) is 14.5 Å². The predicted molar refractivity (Wildman–Crippen MR) is 94.2 cm³/mol. The van der Waals surface area contributed by atoms with Crippen LogP contribution in [0.15, 0.2) is 67.0 Å². The second-order valence-electron chi connectivity index (χ2n) is 5.62. The second kappa shape index (κ2) is 6.16. The molecule has 0 fully saturated rings. The fourth-order valence-corrected chi connectivity index (χ4v) is 2.75. The third kappa shape index (κ3) is 2.85. The molecule has 1 aliphatic rings. The number of anilines is 2. The lowest BCUT2D eigenvalue weighted by Gasteiger charge is -2.29. The van der Waals surface area contributed by atoms with E-state index in [9.17, 15) is 9.59 Å².